The van der Waals surface area contributed by atoms with E-state index in [4.69, 9.17) is 5.11 Å². The van der Waals surface area contributed by atoms with Crippen LogP contribution >= 0.6 is 0 Å². The van der Waals surface area contributed by atoms with E-state index in [0.717, 1.165) is 22.4 Å². The number of aryl methyl sites for hydroxylation is 2. The Kier molecular flexibility index (Phi) is 7.34. The highest BCUT2D eigenvalue weighted by molar-refractivity contribution is 5.32. The molecule has 0 radical (unpaired) electrons. The van der Waals surface area contributed by atoms with Gasteiger partial charge in [0.1, 0.15) is 0 Å². The largest absolute Gasteiger partial charge is 0.395 e. The lowest BCUT2D eigenvalue weighted by Gasteiger charge is -2.12. The third kappa shape index (κ3) is 5.39. The number of aliphatic hydroxyl groups excluding tert-OH is 2. The van der Waals surface area contributed by atoms with Crippen LogP contribution in [0.1, 0.15) is 33.5 Å². The second-order valence-corrected chi connectivity index (χ2v) is 6.04. The standard InChI is InChI=1S/C19H27N3O2/c1-14-7-15(2)19(22-9-14)12-21-11-17-4-3-16(8-18(17)13-24)10-20-5-6-23/h3-4,7-9,20-21,23-24H,5-6,10-13H2,1-2H3. The molecule has 0 unspecified atom stereocenters. The summed E-state index contributed by atoms with van der Waals surface area (Å²) in [7, 11) is 0. The van der Waals surface area contributed by atoms with E-state index in [2.05, 4.69) is 34.7 Å². The molecule has 4 N–H and O–H groups in total. The summed E-state index contributed by atoms with van der Waals surface area (Å²) in [5.41, 5.74) is 6.54. The molecule has 1 aromatic heterocycles. The number of rotatable bonds is 9. The topological polar surface area (TPSA) is 77.4 Å². The maximum atomic E-state index is 9.60. The van der Waals surface area contributed by atoms with E-state index in [9.17, 15) is 5.11 Å². The van der Waals surface area contributed by atoms with Gasteiger partial charge in [0, 0.05) is 32.4 Å². The van der Waals surface area contributed by atoms with E-state index in [1.807, 2.05) is 25.3 Å². The highest BCUT2D eigenvalue weighted by Crippen LogP contribution is 2.13. The van der Waals surface area contributed by atoms with Crippen LogP contribution in [-0.4, -0.2) is 28.3 Å². The van der Waals surface area contributed by atoms with Gasteiger partial charge in [-0.05, 0) is 41.7 Å². The molecule has 2 aromatic rings. The van der Waals surface area contributed by atoms with Gasteiger partial charge in [0.05, 0.1) is 18.9 Å². The Morgan fingerprint density at radius 1 is 0.958 bits per heavy atom. The Morgan fingerprint density at radius 3 is 2.50 bits per heavy atom. The first-order valence-corrected chi connectivity index (χ1v) is 8.30. The molecule has 0 fully saturated rings. The molecule has 0 aliphatic heterocycles. The third-order valence-electron chi connectivity index (χ3n) is 3.99. The molecule has 0 saturated carbocycles. The Labute approximate surface area is 143 Å². The lowest BCUT2D eigenvalue weighted by molar-refractivity contribution is 0.280. The van der Waals surface area contributed by atoms with E-state index in [0.29, 0.717) is 26.2 Å². The quantitative estimate of drug-likeness (QED) is 0.525. The Morgan fingerprint density at radius 2 is 1.79 bits per heavy atom. The van der Waals surface area contributed by atoms with Gasteiger partial charge in [0.2, 0.25) is 0 Å². The van der Waals surface area contributed by atoms with Gasteiger partial charge < -0.3 is 20.8 Å². The highest BCUT2D eigenvalue weighted by Gasteiger charge is 2.05. The third-order valence-corrected chi connectivity index (χ3v) is 3.99. The molecule has 1 heterocycles. The molecular weight excluding hydrogens is 302 g/mol. The molecule has 0 spiro atoms. The van der Waals surface area contributed by atoms with Crippen molar-refractivity contribution in [2.24, 2.45) is 0 Å². The smallest absolute Gasteiger partial charge is 0.0685 e. The van der Waals surface area contributed by atoms with E-state index < -0.39 is 0 Å². The van der Waals surface area contributed by atoms with Gasteiger partial charge in [-0.1, -0.05) is 24.3 Å². The summed E-state index contributed by atoms with van der Waals surface area (Å²) < 4.78 is 0. The van der Waals surface area contributed by atoms with Crippen LogP contribution in [0, 0.1) is 13.8 Å². The lowest BCUT2D eigenvalue weighted by Crippen LogP contribution is -2.18. The van der Waals surface area contributed by atoms with Crippen LogP contribution in [-0.2, 0) is 26.2 Å². The highest BCUT2D eigenvalue weighted by atomic mass is 16.3. The lowest BCUT2D eigenvalue weighted by atomic mass is 10.0. The molecule has 0 aliphatic carbocycles. The van der Waals surface area contributed by atoms with E-state index in [1.165, 1.54) is 11.1 Å². The van der Waals surface area contributed by atoms with Crippen molar-refractivity contribution >= 4 is 0 Å². The molecule has 130 valence electrons. The Hall–Kier alpha value is -1.79. The first-order valence-electron chi connectivity index (χ1n) is 8.30. The SMILES string of the molecule is Cc1cnc(CNCc2ccc(CNCCO)cc2CO)c(C)c1. The Balaban J connectivity index is 1.93. The zero-order chi connectivity index (χ0) is 17.4. The number of aliphatic hydroxyl groups is 2. The number of benzene rings is 1. The van der Waals surface area contributed by atoms with Crippen molar-refractivity contribution in [1.29, 1.82) is 0 Å². The molecule has 0 aliphatic rings. The summed E-state index contributed by atoms with van der Waals surface area (Å²) in [6, 6.07) is 8.24. The van der Waals surface area contributed by atoms with Crippen LogP contribution in [0.4, 0.5) is 0 Å². The summed E-state index contributed by atoms with van der Waals surface area (Å²) >= 11 is 0. The minimum atomic E-state index is 0.0205. The molecular formula is C19H27N3O2. The number of nitrogens with one attached hydrogen (secondary N) is 2. The molecule has 2 rings (SSSR count). The fourth-order valence-electron chi connectivity index (χ4n) is 2.66. The molecule has 0 atom stereocenters. The van der Waals surface area contributed by atoms with Gasteiger partial charge in [-0.2, -0.15) is 0 Å². The Bertz CT molecular complexity index is 659. The number of pyridine rings is 1. The van der Waals surface area contributed by atoms with Gasteiger partial charge in [0.15, 0.2) is 0 Å². The average molecular weight is 329 g/mol. The van der Waals surface area contributed by atoms with E-state index in [-0.39, 0.29) is 13.2 Å². The number of aromatic nitrogens is 1. The fourth-order valence-corrected chi connectivity index (χ4v) is 2.66. The van der Waals surface area contributed by atoms with Gasteiger partial charge in [0.25, 0.3) is 0 Å². The number of hydrogen-bond donors (Lipinski definition) is 4. The molecule has 24 heavy (non-hydrogen) atoms. The molecule has 0 amide bonds. The first kappa shape index (κ1) is 18.5. The average Bonchev–Trinajstić information content (AvgIpc) is 2.58. The van der Waals surface area contributed by atoms with Crippen molar-refractivity contribution in [2.45, 2.75) is 40.1 Å². The maximum absolute atomic E-state index is 9.60. The van der Waals surface area contributed by atoms with Gasteiger partial charge >= 0.3 is 0 Å². The fraction of sp³-hybridized carbons (Fsp3) is 0.421. The van der Waals surface area contributed by atoms with Crippen molar-refractivity contribution < 1.29 is 10.2 Å². The summed E-state index contributed by atoms with van der Waals surface area (Å²) in [4.78, 5) is 4.47. The van der Waals surface area contributed by atoms with Crippen molar-refractivity contribution in [2.75, 3.05) is 13.2 Å². The van der Waals surface area contributed by atoms with Crippen LogP contribution in [0.25, 0.3) is 0 Å². The molecule has 5 heteroatoms. The predicted octanol–water partition coefficient (Wildman–Crippen LogP) is 1.56. The van der Waals surface area contributed by atoms with Crippen molar-refractivity contribution in [1.82, 2.24) is 15.6 Å². The minimum absolute atomic E-state index is 0.0205. The second kappa shape index (κ2) is 9.49. The minimum Gasteiger partial charge on any atom is -0.395 e. The monoisotopic (exact) mass is 329 g/mol. The number of hydrogen-bond acceptors (Lipinski definition) is 5. The predicted molar refractivity (Wildman–Crippen MR) is 95.4 cm³/mol. The van der Waals surface area contributed by atoms with Gasteiger partial charge in [-0.25, -0.2) is 0 Å². The van der Waals surface area contributed by atoms with E-state index >= 15 is 0 Å². The number of nitrogens with zero attached hydrogens (tertiary/aromatic N) is 1. The van der Waals surface area contributed by atoms with Crippen LogP contribution in [0.15, 0.2) is 30.5 Å². The summed E-state index contributed by atoms with van der Waals surface area (Å²) in [6.45, 7) is 6.92. The van der Waals surface area contributed by atoms with Gasteiger partial charge in [-0.15, -0.1) is 0 Å². The van der Waals surface area contributed by atoms with Crippen molar-refractivity contribution in [3.63, 3.8) is 0 Å². The van der Waals surface area contributed by atoms with Crippen molar-refractivity contribution in [3.05, 3.63) is 64.0 Å². The maximum Gasteiger partial charge on any atom is 0.0685 e. The molecule has 5 nitrogen and oxygen atoms in total. The molecule has 1 aromatic carbocycles. The summed E-state index contributed by atoms with van der Waals surface area (Å²) in [5.74, 6) is 0. The normalized spacial score (nSPS) is 11.0. The zero-order valence-electron chi connectivity index (χ0n) is 14.5. The van der Waals surface area contributed by atoms with Crippen molar-refractivity contribution in [3.8, 4) is 0 Å². The molecule has 0 bridgehead atoms. The van der Waals surface area contributed by atoms with Gasteiger partial charge in [-0.3, -0.25) is 4.98 Å². The molecule has 0 saturated heterocycles. The van der Waals surface area contributed by atoms with Crippen LogP contribution < -0.4 is 10.6 Å². The van der Waals surface area contributed by atoms with E-state index in [1.54, 1.807) is 0 Å². The summed E-state index contributed by atoms with van der Waals surface area (Å²) in [5, 5.41) is 24.9. The summed E-state index contributed by atoms with van der Waals surface area (Å²) in [6.07, 6.45) is 1.89. The van der Waals surface area contributed by atoms with Crippen LogP contribution in [0.3, 0.4) is 0 Å². The van der Waals surface area contributed by atoms with Crippen LogP contribution in [0.5, 0.6) is 0 Å². The first-order chi connectivity index (χ1) is 11.6. The zero-order valence-corrected chi connectivity index (χ0v) is 14.5. The van der Waals surface area contributed by atoms with Crippen LogP contribution in [0.2, 0.25) is 0 Å². The second-order valence-electron chi connectivity index (χ2n) is 6.04.